The van der Waals surface area contributed by atoms with Gasteiger partial charge < -0.3 is 14.1 Å². The molecule has 0 unspecified atom stereocenters. The molecule has 0 aliphatic carbocycles. The van der Waals surface area contributed by atoms with Gasteiger partial charge in [-0.2, -0.15) is 0 Å². The molecule has 9 heteroatoms. The summed E-state index contributed by atoms with van der Waals surface area (Å²) in [5.41, 5.74) is 2.92. The average Bonchev–Trinajstić information content (AvgIpc) is 2.69. The molecule has 2 aliphatic heterocycles. The Hall–Kier alpha value is -3.20. The maximum absolute atomic E-state index is 12.6. The number of carbonyl (C=O) groups excluding carboxylic acids is 1. The lowest BCUT2D eigenvalue weighted by Crippen LogP contribution is -2.37. The molecule has 162 valence electrons. The van der Waals surface area contributed by atoms with Gasteiger partial charge in [0.1, 0.15) is 18.0 Å². The Morgan fingerprint density at radius 3 is 2.77 bits per heavy atom. The first-order valence-corrected chi connectivity index (χ1v) is 11.5. The molecule has 0 amide bonds. The molecule has 0 N–H and O–H groups in total. The lowest BCUT2D eigenvalue weighted by Gasteiger charge is -2.26. The fraction of sp³-hybridized carbons (Fsp3) is 0.318. The molecule has 8 nitrogen and oxygen atoms in total. The molecule has 4 rings (SSSR count). The Balaban J connectivity index is 1.58. The number of benzene rings is 1. The summed E-state index contributed by atoms with van der Waals surface area (Å²) in [6.07, 6.45) is 4.46. The molecule has 0 fully saturated rings. The van der Waals surface area contributed by atoms with Gasteiger partial charge in [0.15, 0.2) is 0 Å². The minimum absolute atomic E-state index is 0.0952. The molecule has 0 saturated carbocycles. The average molecular weight is 442 g/mol. The van der Waals surface area contributed by atoms with Crippen molar-refractivity contribution in [2.75, 3.05) is 12.3 Å². The maximum Gasteiger partial charge on any atom is 0.339 e. The predicted molar refractivity (Wildman–Crippen MR) is 116 cm³/mol. The van der Waals surface area contributed by atoms with Gasteiger partial charge in [-0.1, -0.05) is 13.8 Å². The molecular weight excluding hydrogens is 420 g/mol. The minimum atomic E-state index is -3.46. The van der Waals surface area contributed by atoms with Crippen LogP contribution in [0.4, 0.5) is 0 Å². The molecule has 0 atom stereocenters. The van der Waals surface area contributed by atoms with Gasteiger partial charge >= 0.3 is 11.6 Å². The SMILES string of the molecule is Cc1cc2oc(=O)cc(COC(=O)C3=CN4CCS(=O)(=O)N=C4C=C3)c2cc1C(C)C. The van der Waals surface area contributed by atoms with Crippen molar-refractivity contribution in [3.63, 3.8) is 0 Å². The van der Waals surface area contributed by atoms with Crippen LogP contribution in [-0.2, 0) is 26.2 Å². The van der Waals surface area contributed by atoms with Crippen LogP contribution in [0.25, 0.3) is 11.0 Å². The quantitative estimate of drug-likeness (QED) is 0.529. The van der Waals surface area contributed by atoms with E-state index in [4.69, 9.17) is 9.15 Å². The lowest BCUT2D eigenvalue weighted by molar-refractivity contribution is -0.139. The highest BCUT2D eigenvalue weighted by atomic mass is 32.2. The highest BCUT2D eigenvalue weighted by molar-refractivity contribution is 7.90. The molecule has 0 bridgehead atoms. The summed E-state index contributed by atoms with van der Waals surface area (Å²) in [6.45, 7) is 6.25. The monoisotopic (exact) mass is 442 g/mol. The first kappa shape index (κ1) is 21.0. The third-order valence-electron chi connectivity index (χ3n) is 5.26. The zero-order valence-corrected chi connectivity index (χ0v) is 18.2. The summed E-state index contributed by atoms with van der Waals surface area (Å²) >= 11 is 0. The Morgan fingerprint density at radius 1 is 1.26 bits per heavy atom. The third kappa shape index (κ3) is 4.32. The Labute approximate surface area is 179 Å². The van der Waals surface area contributed by atoms with E-state index in [0.29, 0.717) is 11.1 Å². The van der Waals surface area contributed by atoms with Crippen LogP contribution >= 0.6 is 0 Å². The van der Waals surface area contributed by atoms with E-state index >= 15 is 0 Å². The summed E-state index contributed by atoms with van der Waals surface area (Å²) in [7, 11) is -3.46. The van der Waals surface area contributed by atoms with Gasteiger partial charge in [0, 0.05) is 29.8 Å². The first-order valence-electron chi connectivity index (χ1n) is 9.86. The molecule has 2 aliphatic rings. The number of hydrogen-bond donors (Lipinski definition) is 0. The summed E-state index contributed by atoms with van der Waals surface area (Å²) in [6, 6.07) is 5.13. The molecule has 2 aromatic rings. The van der Waals surface area contributed by atoms with Crippen LogP contribution in [0.1, 0.15) is 36.5 Å². The second-order valence-electron chi connectivity index (χ2n) is 7.87. The maximum atomic E-state index is 12.6. The van der Waals surface area contributed by atoms with Crippen molar-refractivity contribution in [1.29, 1.82) is 0 Å². The lowest BCUT2D eigenvalue weighted by atomic mass is 9.95. The van der Waals surface area contributed by atoms with Gasteiger partial charge in [0.25, 0.3) is 10.0 Å². The summed E-state index contributed by atoms with van der Waals surface area (Å²) in [4.78, 5) is 26.2. The Morgan fingerprint density at radius 2 is 2.03 bits per heavy atom. The number of aryl methyl sites for hydroxylation is 1. The minimum Gasteiger partial charge on any atom is -0.457 e. The van der Waals surface area contributed by atoms with Crippen LogP contribution in [0.3, 0.4) is 0 Å². The van der Waals surface area contributed by atoms with Gasteiger partial charge in [0.2, 0.25) is 0 Å². The smallest absolute Gasteiger partial charge is 0.339 e. The van der Waals surface area contributed by atoms with Crippen molar-refractivity contribution < 1.29 is 22.4 Å². The summed E-state index contributed by atoms with van der Waals surface area (Å²) in [5, 5.41) is 0.727. The van der Waals surface area contributed by atoms with E-state index in [-0.39, 0.29) is 36.2 Å². The Bertz CT molecular complexity index is 1330. The van der Waals surface area contributed by atoms with Crippen LogP contribution in [0.2, 0.25) is 0 Å². The van der Waals surface area contributed by atoms with Gasteiger partial charge in [-0.05, 0) is 48.3 Å². The first-order chi connectivity index (χ1) is 14.6. The molecule has 31 heavy (non-hydrogen) atoms. The van der Waals surface area contributed by atoms with Gasteiger partial charge in [-0.3, -0.25) is 0 Å². The zero-order chi connectivity index (χ0) is 22.3. The third-order valence-corrected chi connectivity index (χ3v) is 6.42. The fourth-order valence-electron chi connectivity index (χ4n) is 3.68. The largest absolute Gasteiger partial charge is 0.457 e. The van der Waals surface area contributed by atoms with Crippen LogP contribution < -0.4 is 5.63 Å². The van der Waals surface area contributed by atoms with Crippen LogP contribution in [-0.4, -0.2) is 37.4 Å². The normalized spacial score (nSPS) is 17.4. The second-order valence-corrected chi connectivity index (χ2v) is 9.63. The predicted octanol–water partition coefficient (Wildman–Crippen LogP) is 2.77. The molecule has 0 radical (unpaired) electrons. The number of carbonyl (C=O) groups is 1. The van der Waals surface area contributed by atoms with E-state index in [2.05, 4.69) is 18.2 Å². The van der Waals surface area contributed by atoms with Gasteiger partial charge in [0.05, 0.1) is 11.3 Å². The van der Waals surface area contributed by atoms with Crippen LogP contribution in [0.5, 0.6) is 0 Å². The number of sulfonamides is 1. The van der Waals surface area contributed by atoms with E-state index in [1.165, 1.54) is 24.4 Å². The number of amidine groups is 1. The molecule has 0 saturated heterocycles. The summed E-state index contributed by atoms with van der Waals surface area (Å²) in [5.74, 6) is -0.146. The van der Waals surface area contributed by atoms with E-state index in [9.17, 15) is 18.0 Å². The van der Waals surface area contributed by atoms with E-state index < -0.39 is 21.6 Å². The van der Waals surface area contributed by atoms with Gasteiger partial charge in [-0.25, -0.2) is 18.0 Å². The van der Waals surface area contributed by atoms with Crippen molar-refractivity contribution >= 4 is 32.8 Å². The summed E-state index contributed by atoms with van der Waals surface area (Å²) < 4.78 is 37.7. The molecule has 0 spiro atoms. The molecule has 1 aromatic heterocycles. The number of nitrogens with zero attached hydrogens (tertiary/aromatic N) is 2. The van der Waals surface area contributed by atoms with Crippen LogP contribution in [0, 0.1) is 6.92 Å². The van der Waals surface area contributed by atoms with Crippen molar-refractivity contribution in [3.8, 4) is 0 Å². The molecular formula is C22H22N2O6S. The molecule has 1 aromatic carbocycles. The highest BCUT2D eigenvalue weighted by Crippen LogP contribution is 2.27. The number of rotatable bonds is 4. The zero-order valence-electron chi connectivity index (χ0n) is 17.4. The number of hydrogen-bond acceptors (Lipinski definition) is 7. The van der Waals surface area contributed by atoms with E-state index in [1.54, 1.807) is 4.90 Å². The van der Waals surface area contributed by atoms with Crippen molar-refractivity contribution in [2.45, 2.75) is 33.3 Å². The van der Waals surface area contributed by atoms with Crippen LogP contribution in [0.15, 0.2) is 55.7 Å². The van der Waals surface area contributed by atoms with E-state index in [1.807, 2.05) is 19.1 Å². The van der Waals surface area contributed by atoms with Gasteiger partial charge in [-0.15, -0.1) is 4.40 Å². The highest BCUT2D eigenvalue weighted by Gasteiger charge is 2.25. The van der Waals surface area contributed by atoms with E-state index in [0.717, 1.165) is 16.5 Å². The number of ether oxygens (including phenoxy) is 1. The standard InChI is InChI=1S/C22H22N2O6S/c1-13(2)17-10-18-16(9-21(25)30-19(18)8-14(17)3)12-29-22(26)15-4-5-20-23-31(27,28)7-6-24(20)11-15/h4-5,8-11,13H,6-7,12H2,1-3H3. The fourth-order valence-corrected chi connectivity index (χ4v) is 4.65. The van der Waals surface area contributed by atoms with Crippen molar-refractivity contribution in [1.82, 2.24) is 4.90 Å². The molecule has 3 heterocycles. The number of esters is 1. The Kier molecular flexibility index (Phi) is 5.30. The van der Waals surface area contributed by atoms with Crippen molar-refractivity contribution in [2.24, 2.45) is 4.40 Å². The van der Waals surface area contributed by atoms with Crippen molar-refractivity contribution in [3.05, 3.63) is 69.2 Å². The number of fused-ring (bicyclic) bond motifs is 2. The topological polar surface area (TPSA) is 106 Å². The second kappa shape index (κ2) is 7.81.